The molecule has 1 aromatic carbocycles. The van der Waals surface area contributed by atoms with E-state index in [0.717, 1.165) is 43.9 Å². The molecule has 0 spiro atoms. The molecular weight excluding hydrogens is 290 g/mol. The lowest BCUT2D eigenvalue weighted by atomic mass is 10.1. The van der Waals surface area contributed by atoms with Crippen LogP contribution < -0.4 is 15.1 Å². The zero-order chi connectivity index (χ0) is 16.3. The van der Waals surface area contributed by atoms with E-state index < -0.39 is 0 Å². The Hall–Kier alpha value is -1.88. The topological polar surface area (TPSA) is 55.1 Å². The zero-order valence-corrected chi connectivity index (χ0v) is 14.0. The van der Waals surface area contributed by atoms with Gasteiger partial charge in [0.15, 0.2) is 6.54 Å². The van der Waals surface area contributed by atoms with Crippen LogP contribution in [0, 0.1) is 0 Å². The first-order valence-electron chi connectivity index (χ1n) is 8.66. The second-order valence-electron chi connectivity index (χ2n) is 6.05. The van der Waals surface area contributed by atoms with Crippen molar-refractivity contribution in [2.45, 2.75) is 39.0 Å². The summed E-state index contributed by atoms with van der Waals surface area (Å²) in [5.74, 6) is 0.853. The molecule has 0 saturated carbocycles. The Bertz CT molecular complexity index is 493. The molecule has 126 valence electrons. The first-order chi connectivity index (χ1) is 11.3. The van der Waals surface area contributed by atoms with Crippen LogP contribution in [0.4, 0.5) is 0 Å². The number of carbonyl (C=O) groups excluding carboxylic acids is 1. The molecule has 0 unspecified atom stereocenters. The van der Waals surface area contributed by atoms with Gasteiger partial charge in [0.2, 0.25) is 0 Å². The summed E-state index contributed by atoms with van der Waals surface area (Å²) in [6.45, 7) is 5.59. The number of amides is 1. The van der Waals surface area contributed by atoms with Crippen LogP contribution in [-0.4, -0.2) is 38.4 Å². The quantitative estimate of drug-likeness (QED) is 0.432. The Labute approximate surface area is 138 Å². The summed E-state index contributed by atoms with van der Waals surface area (Å²) in [4.78, 5) is 13.2. The molecular formula is C18H28N3O2+. The molecule has 0 radical (unpaired) electrons. The SMILES string of the molecule is CCCCOc1ccc(/C=N\NC(=O)C[NH+]2CCCCC2)cc1. The van der Waals surface area contributed by atoms with Gasteiger partial charge in [0.25, 0.3) is 5.91 Å². The first-order valence-corrected chi connectivity index (χ1v) is 8.66. The predicted molar refractivity (Wildman–Crippen MR) is 92.0 cm³/mol. The van der Waals surface area contributed by atoms with Crippen LogP contribution in [0.25, 0.3) is 0 Å². The fourth-order valence-corrected chi connectivity index (χ4v) is 2.66. The highest BCUT2D eigenvalue weighted by Crippen LogP contribution is 2.11. The Balaban J connectivity index is 1.70. The number of hydrazone groups is 1. The fraction of sp³-hybridized carbons (Fsp3) is 0.556. The maximum Gasteiger partial charge on any atom is 0.295 e. The van der Waals surface area contributed by atoms with Crippen molar-refractivity contribution in [3.05, 3.63) is 29.8 Å². The summed E-state index contributed by atoms with van der Waals surface area (Å²) in [7, 11) is 0. The number of unbranched alkanes of at least 4 members (excludes halogenated alkanes) is 1. The molecule has 0 aliphatic carbocycles. The van der Waals surface area contributed by atoms with Crippen molar-refractivity contribution in [2.75, 3.05) is 26.2 Å². The number of carbonyl (C=O) groups is 1. The zero-order valence-electron chi connectivity index (χ0n) is 14.0. The molecule has 0 bridgehead atoms. The van der Waals surface area contributed by atoms with Crippen molar-refractivity contribution < 1.29 is 14.4 Å². The monoisotopic (exact) mass is 318 g/mol. The van der Waals surface area contributed by atoms with Crippen LogP contribution >= 0.6 is 0 Å². The fourth-order valence-electron chi connectivity index (χ4n) is 2.66. The number of rotatable bonds is 8. The molecule has 1 fully saturated rings. The van der Waals surface area contributed by atoms with E-state index in [9.17, 15) is 4.79 Å². The van der Waals surface area contributed by atoms with Gasteiger partial charge in [0.05, 0.1) is 25.9 Å². The highest BCUT2D eigenvalue weighted by Gasteiger charge is 2.16. The van der Waals surface area contributed by atoms with Gasteiger partial charge in [-0.3, -0.25) is 4.79 Å². The van der Waals surface area contributed by atoms with E-state index in [1.807, 2.05) is 24.3 Å². The van der Waals surface area contributed by atoms with Crippen LogP contribution in [0.1, 0.15) is 44.6 Å². The Morgan fingerprint density at radius 2 is 2.00 bits per heavy atom. The largest absolute Gasteiger partial charge is 0.494 e. The first kappa shape index (κ1) is 17.5. The van der Waals surface area contributed by atoms with E-state index in [0.29, 0.717) is 6.54 Å². The number of ether oxygens (including phenoxy) is 1. The summed E-state index contributed by atoms with van der Waals surface area (Å²) in [6, 6.07) is 7.73. The van der Waals surface area contributed by atoms with Gasteiger partial charge >= 0.3 is 0 Å². The van der Waals surface area contributed by atoms with E-state index in [2.05, 4.69) is 17.5 Å². The molecule has 1 aliphatic rings. The van der Waals surface area contributed by atoms with Gasteiger partial charge in [-0.25, -0.2) is 5.43 Å². The third-order valence-electron chi connectivity index (χ3n) is 4.02. The molecule has 5 nitrogen and oxygen atoms in total. The van der Waals surface area contributed by atoms with Crippen molar-refractivity contribution in [2.24, 2.45) is 5.10 Å². The normalized spacial score (nSPS) is 15.7. The summed E-state index contributed by atoms with van der Waals surface area (Å²) < 4.78 is 5.61. The average Bonchev–Trinajstić information content (AvgIpc) is 2.57. The van der Waals surface area contributed by atoms with E-state index in [4.69, 9.17) is 4.74 Å². The van der Waals surface area contributed by atoms with Gasteiger partial charge in [-0.1, -0.05) is 13.3 Å². The van der Waals surface area contributed by atoms with Crippen molar-refractivity contribution in [3.63, 3.8) is 0 Å². The molecule has 23 heavy (non-hydrogen) atoms. The number of hydrogen-bond acceptors (Lipinski definition) is 3. The lowest BCUT2D eigenvalue weighted by Gasteiger charge is -2.22. The molecule has 1 aromatic rings. The van der Waals surface area contributed by atoms with Crippen molar-refractivity contribution in [3.8, 4) is 5.75 Å². The van der Waals surface area contributed by atoms with Crippen LogP contribution in [0.3, 0.4) is 0 Å². The van der Waals surface area contributed by atoms with Crippen LogP contribution in [-0.2, 0) is 4.79 Å². The van der Waals surface area contributed by atoms with Crippen molar-refractivity contribution in [1.29, 1.82) is 0 Å². The highest BCUT2D eigenvalue weighted by molar-refractivity contribution is 5.82. The van der Waals surface area contributed by atoms with Gasteiger partial charge < -0.3 is 9.64 Å². The average molecular weight is 318 g/mol. The molecule has 1 heterocycles. The Morgan fingerprint density at radius 1 is 1.26 bits per heavy atom. The van der Waals surface area contributed by atoms with Gasteiger partial charge in [0.1, 0.15) is 5.75 Å². The number of hydrogen-bond donors (Lipinski definition) is 2. The lowest BCUT2D eigenvalue weighted by Crippen LogP contribution is -3.13. The van der Waals surface area contributed by atoms with E-state index in [-0.39, 0.29) is 5.91 Å². The molecule has 1 saturated heterocycles. The third-order valence-corrected chi connectivity index (χ3v) is 4.02. The smallest absolute Gasteiger partial charge is 0.295 e. The maximum atomic E-state index is 11.8. The highest BCUT2D eigenvalue weighted by atomic mass is 16.5. The third kappa shape index (κ3) is 6.82. The minimum absolute atomic E-state index is 0.0160. The molecule has 1 amide bonds. The molecule has 2 N–H and O–H groups in total. The van der Waals surface area contributed by atoms with Crippen LogP contribution in [0.2, 0.25) is 0 Å². The van der Waals surface area contributed by atoms with E-state index in [1.54, 1.807) is 6.21 Å². The molecule has 0 atom stereocenters. The van der Waals surface area contributed by atoms with E-state index >= 15 is 0 Å². The summed E-state index contributed by atoms with van der Waals surface area (Å²) in [5.41, 5.74) is 3.56. The Kier molecular flexibility index (Phi) is 7.60. The van der Waals surface area contributed by atoms with Crippen molar-refractivity contribution >= 4 is 12.1 Å². The van der Waals surface area contributed by atoms with Gasteiger partial charge in [0, 0.05) is 0 Å². The number of benzene rings is 1. The van der Waals surface area contributed by atoms with Gasteiger partial charge in [-0.15, -0.1) is 0 Å². The molecule has 2 rings (SSSR count). The standard InChI is InChI=1S/C18H27N3O2/c1-2-3-13-23-17-9-7-16(8-10-17)14-19-20-18(22)15-21-11-5-4-6-12-21/h7-10,14H,2-6,11-13,15H2,1H3,(H,20,22)/p+1/b19-14-. The van der Waals surface area contributed by atoms with Crippen LogP contribution in [0.15, 0.2) is 29.4 Å². The van der Waals surface area contributed by atoms with Gasteiger partial charge in [-0.2, -0.15) is 5.10 Å². The second kappa shape index (κ2) is 10.0. The van der Waals surface area contributed by atoms with Crippen molar-refractivity contribution in [1.82, 2.24) is 5.43 Å². The number of likely N-dealkylation sites (tertiary alicyclic amines) is 1. The minimum Gasteiger partial charge on any atom is -0.494 e. The number of quaternary nitrogens is 1. The predicted octanol–water partition coefficient (Wildman–Crippen LogP) is 1.38. The number of nitrogens with one attached hydrogen (secondary N) is 2. The second-order valence-corrected chi connectivity index (χ2v) is 6.05. The summed E-state index contributed by atoms with van der Waals surface area (Å²) in [5, 5.41) is 4.03. The number of nitrogens with zero attached hydrogens (tertiary/aromatic N) is 1. The molecule has 1 aliphatic heterocycles. The molecule has 5 heteroatoms. The summed E-state index contributed by atoms with van der Waals surface area (Å²) >= 11 is 0. The summed E-state index contributed by atoms with van der Waals surface area (Å²) in [6.07, 6.45) is 7.59. The Morgan fingerprint density at radius 3 is 2.70 bits per heavy atom. The lowest BCUT2D eigenvalue weighted by molar-refractivity contribution is -0.896. The van der Waals surface area contributed by atoms with Gasteiger partial charge in [-0.05, 0) is 55.5 Å². The minimum atomic E-state index is -0.0160. The van der Waals surface area contributed by atoms with E-state index in [1.165, 1.54) is 24.2 Å². The maximum absolute atomic E-state index is 11.8. The number of piperidine rings is 1. The van der Waals surface area contributed by atoms with Crippen LogP contribution in [0.5, 0.6) is 5.75 Å². The molecule has 0 aromatic heterocycles.